The molecule has 0 spiro atoms. The first kappa shape index (κ1) is 16.8. The number of hydrogen-bond donors (Lipinski definition) is 1. The number of aromatic nitrogens is 3. The van der Waals surface area contributed by atoms with E-state index in [2.05, 4.69) is 27.4 Å². The zero-order valence-corrected chi connectivity index (χ0v) is 15.1. The van der Waals surface area contributed by atoms with Crippen molar-refractivity contribution in [1.29, 1.82) is 0 Å². The lowest BCUT2D eigenvalue weighted by molar-refractivity contribution is 0.0923. The number of rotatable bonds is 4. The lowest BCUT2D eigenvalue weighted by Gasteiger charge is -2.22. The van der Waals surface area contributed by atoms with Crippen LogP contribution in [0.1, 0.15) is 53.7 Å². The van der Waals surface area contributed by atoms with Crippen molar-refractivity contribution in [2.24, 2.45) is 7.05 Å². The second-order valence-corrected chi connectivity index (χ2v) is 7.18. The molecule has 4 rings (SSSR count). The fourth-order valence-electron chi connectivity index (χ4n) is 3.79. The third kappa shape index (κ3) is 3.47. The van der Waals surface area contributed by atoms with Gasteiger partial charge in [-0.15, -0.1) is 0 Å². The van der Waals surface area contributed by atoms with Crippen molar-refractivity contribution in [2.75, 3.05) is 0 Å². The average Bonchev–Trinajstić information content (AvgIpc) is 3.05. The molecular formula is C21H24N4O. The highest BCUT2D eigenvalue weighted by Crippen LogP contribution is 2.23. The van der Waals surface area contributed by atoms with Gasteiger partial charge < -0.3 is 9.88 Å². The van der Waals surface area contributed by atoms with Gasteiger partial charge in [0.15, 0.2) is 0 Å². The van der Waals surface area contributed by atoms with E-state index in [1.165, 1.54) is 19.3 Å². The molecule has 3 heterocycles. The molecule has 0 aromatic carbocycles. The van der Waals surface area contributed by atoms with Gasteiger partial charge in [0, 0.05) is 37.1 Å². The van der Waals surface area contributed by atoms with E-state index in [-0.39, 0.29) is 11.9 Å². The van der Waals surface area contributed by atoms with E-state index in [0.717, 1.165) is 41.4 Å². The number of nitrogens with zero attached hydrogens (tertiary/aromatic N) is 3. The molecule has 26 heavy (non-hydrogen) atoms. The second kappa shape index (κ2) is 7.28. The Kier molecular flexibility index (Phi) is 4.69. The zero-order valence-electron chi connectivity index (χ0n) is 15.1. The van der Waals surface area contributed by atoms with Gasteiger partial charge in [-0.1, -0.05) is 25.3 Å². The molecule has 3 aromatic heterocycles. The molecule has 1 amide bonds. The van der Waals surface area contributed by atoms with E-state index in [9.17, 15) is 4.79 Å². The van der Waals surface area contributed by atoms with Crippen molar-refractivity contribution in [3.63, 3.8) is 0 Å². The maximum Gasteiger partial charge on any atom is 0.270 e. The molecule has 0 radical (unpaired) electrons. The van der Waals surface area contributed by atoms with E-state index in [0.29, 0.717) is 5.69 Å². The number of pyridine rings is 2. The first-order chi connectivity index (χ1) is 12.7. The van der Waals surface area contributed by atoms with E-state index in [1.54, 1.807) is 6.20 Å². The fraction of sp³-hybridized carbons (Fsp3) is 0.381. The van der Waals surface area contributed by atoms with Crippen LogP contribution in [0.5, 0.6) is 0 Å². The van der Waals surface area contributed by atoms with Crippen LogP contribution >= 0.6 is 0 Å². The number of aryl methyl sites for hydroxylation is 1. The molecule has 0 aliphatic heterocycles. The SMILES string of the molecule is Cn1ccc2c(Cc3cccnc3)cc(C(=O)NC3CCCCC3)nc21. The third-order valence-corrected chi connectivity index (χ3v) is 5.21. The summed E-state index contributed by atoms with van der Waals surface area (Å²) in [5, 5.41) is 4.27. The van der Waals surface area contributed by atoms with Crippen LogP contribution in [0.2, 0.25) is 0 Å². The Morgan fingerprint density at radius 3 is 2.88 bits per heavy atom. The van der Waals surface area contributed by atoms with Gasteiger partial charge in [-0.3, -0.25) is 9.78 Å². The van der Waals surface area contributed by atoms with E-state index in [4.69, 9.17) is 0 Å². The highest BCUT2D eigenvalue weighted by Gasteiger charge is 2.19. The quantitative estimate of drug-likeness (QED) is 0.783. The molecular weight excluding hydrogens is 324 g/mol. The summed E-state index contributed by atoms with van der Waals surface area (Å²) in [4.78, 5) is 21.6. The van der Waals surface area contributed by atoms with Crippen molar-refractivity contribution in [3.05, 3.63) is 59.7 Å². The molecule has 1 aliphatic carbocycles. The van der Waals surface area contributed by atoms with Crippen molar-refractivity contribution < 1.29 is 4.79 Å². The number of amides is 1. The molecule has 0 atom stereocenters. The molecule has 0 saturated heterocycles. The zero-order chi connectivity index (χ0) is 17.9. The first-order valence-electron chi connectivity index (χ1n) is 9.35. The Bertz CT molecular complexity index is 910. The van der Waals surface area contributed by atoms with Gasteiger partial charge in [0.05, 0.1) is 0 Å². The molecule has 5 heteroatoms. The Morgan fingerprint density at radius 2 is 2.12 bits per heavy atom. The van der Waals surface area contributed by atoms with Gasteiger partial charge in [-0.2, -0.15) is 0 Å². The van der Waals surface area contributed by atoms with E-state index >= 15 is 0 Å². The van der Waals surface area contributed by atoms with Gasteiger partial charge in [0.2, 0.25) is 0 Å². The molecule has 1 aliphatic rings. The summed E-state index contributed by atoms with van der Waals surface area (Å²) in [6.07, 6.45) is 12.2. The van der Waals surface area contributed by atoms with Gasteiger partial charge >= 0.3 is 0 Å². The minimum atomic E-state index is -0.0626. The predicted molar refractivity (Wildman–Crippen MR) is 102 cm³/mol. The molecule has 0 unspecified atom stereocenters. The van der Waals surface area contributed by atoms with Crippen LogP contribution in [0, 0.1) is 0 Å². The lowest BCUT2D eigenvalue weighted by atomic mass is 9.95. The molecule has 1 fully saturated rings. The van der Waals surface area contributed by atoms with Crippen LogP contribution in [-0.2, 0) is 13.5 Å². The van der Waals surface area contributed by atoms with Crippen LogP contribution in [0.4, 0.5) is 0 Å². The summed E-state index contributed by atoms with van der Waals surface area (Å²) in [5.74, 6) is -0.0626. The summed E-state index contributed by atoms with van der Waals surface area (Å²) in [7, 11) is 1.96. The molecule has 134 valence electrons. The number of carbonyl (C=O) groups is 1. The van der Waals surface area contributed by atoms with Crippen molar-refractivity contribution in [1.82, 2.24) is 19.9 Å². The minimum Gasteiger partial charge on any atom is -0.348 e. The van der Waals surface area contributed by atoms with Crippen molar-refractivity contribution >= 4 is 16.9 Å². The summed E-state index contributed by atoms with van der Waals surface area (Å²) >= 11 is 0. The summed E-state index contributed by atoms with van der Waals surface area (Å²) < 4.78 is 1.97. The first-order valence-corrected chi connectivity index (χ1v) is 9.35. The fourth-order valence-corrected chi connectivity index (χ4v) is 3.79. The Labute approximate surface area is 153 Å². The predicted octanol–water partition coefficient (Wildman–Crippen LogP) is 3.62. The number of hydrogen-bond acceptors (Lipinski definition) is 3. The molecule has 0 bridgehead atoms. The molecule has 1 saturated carbocycles. The molecule has 3 aromatic rings. The highest BCUT2D eigenvalue weighted by molar-refractivity contribution is 5.95. The smallest absolute Gasteiger partial charge is 0.270 e. The van der Waals surface area contributed by atoms with Crippen molar-refractivity contribution in [2.45, 2.75) is 44.6 Å². The number of nitrogens with one attached hydrogen (secondary N) is 1. The van der Waals surface area contributed by atoms with Crippen LogP contribution in [-0.4, -0.2) is 26.5 Å². The van der Waals surface area contributed by atoms with E-state index < -0.39 is 0 Å². The van der Waals surface area contributed by atoms with Gasteiger partial charge in [-0.05, 0) is 48.6 Å². The van der Waals surface area contributed by atoms with E-state index in [1.807, 2.05) is 36.1 Å². The Hall–Kier alpha value is -2.69. The summed E-state index contributed by atoms with van der Waals surface area (Å²) in [6.45, 7) is 0. The number of fused-ring (bicyclic) bond motifs is 1. The molecule has 5 nitrogen and oxygen atoms in total. The minimum absolute atomic E-state index is 0.0626. The highest BCUT2D eigenvalue weighted by atomic mass is 16.1. The number of carbonyl (C=O) groups excluding carboxylic acids is 1. The van der Waals surface area contributed by atoms with Crippen molar-refractivity contribution in [3.8, 4) is 0 Å². The van der Waals surface area contributed by atoms with Gasteiger partial charge in [0.25, 0.3) is 5.91 Å². The lowest BCUT2D eigenvalue weighted by Crippen LogP contribution is -2.36. The maximum atomic E-state index is 12.8. The van der Waals surface area contributed by atoms with Crippen LogP contribution in [0.15, 0.2) is 42.9 Å². The Balaban J connectivity index is 1.66. The standard InChI is InChI=1S/C21H24N4O/c1-25-11-9-18-16(12-15-6-5-10-22-14-15)13-19(24-20(18)25)21(26)23-17-7-3-2-4-8-17/h5-6,9-11,13-14,17H,2-4,7-8,12H2,1H3,(H,23,26). The summed E-state index contributed by atoms with van der Waals surface area (Å²) in [5.41, 5.74) is 3.59. The second-order valence-electron chi connectivity index (χ2n) is 7.18. The largest absolute Gasteiger partial charge is 0.348 e. The van der Waals surface area contributed by atoms with Gasteiger partial charge in [0.1, 0.15) is 11.3 Å². The topological polar surface area (TPSA) is 59.8 Å². The van der Waals surface area contributed by atoms with Gasteiger partial charge in [-0.25, -0.2) is 4.98 Å². The third-order valence-electron chi connectivity index (χ3n) is 5.21. The molecule has 1 N–H and O–H groups in total. The Morgan fingerprint density at radius 1 is 1.27 bits per heavy atom. The monoisotopic (exact) mass is 348 g/mol. The van der Waals surface area contributed by atoms with Crippen LogP contribution in [0.3, 0.4) is 0 Å². The van der Waals surface area contributed by atoms with Crippen LogP contribution in [0.25, 0.3) is 11.0 Å². The maximum absolute atomic E-state index is 12.8. The normalized spacial score (nSPS) is 15.3. The average molecular weight is 348 g/mol. The summed E-state index contributed by atoms with van der Waals surface area (Å²) in [6, 6.07) is 8.29. The van der Waals surface area contributed by atoms with Crippen LogP contribution < -0.4 is 5.32 Å².